The van der Waals surface area contributed by atoms with Gasteiger partial charge in [0.05, 0.1) is 0 Å². The Bertz CT molecular complexity index is 354. The van der Waals surface area contributed by atoms with Crippen LogP contribution in [0.15, 0.2) is 24.3 Å². The van der Waals surface area contributed by atoms with E-state index in [1.165, 1.54) is 11.1 Å². The van der Waals surface area contributed by atoms with Crippen LogP contribution in [0, 0.1) is 0 Å². The first-order chi connectivity index (χ1) is 8.36. The monoisotopic (exact) mass is 234 g/mol. The van der Waals surface area contributed by atoms with Crippen molar-refractivity contribution in [2.75, 3.05) is 19.7 Å². The quantitative estimate of drug-likeness (QED) is 0.736. The molecule has 0 fully saturated rings. The molecule has 0 aromatic heterocycles. The normalized spacial score (nSPS) is 19.5. The molecule has 0 radical (unpaired) electrons. The summed E-state index contributed by atoms with van der Waals surface area (Å²) >= 11 is 0. The van der Waals surface area contributed by atoms with E-state index in [9.17, 15) is 0 Å². The molecule has 3 heteroatoms. The molecule has 2 rings (SSSR count). The van der Waals surface area contributed by atoms with Gasteiger partial charge in [0.1, 0.15) is 0 Å². The molecule has 0 saturated carbocycles. The first-order valence-electron chi connectivity index (χ1n) is 6.49. The van der Waals surface area contributed by atoms with Gasteiger partial charge in [0.2, 0.25) is 0 Å². The van der Waals surface area contributed by atoms with Crippen LogP contribution < -0.4 is 5.73 Å². The van der Waals surface area contributed by atoms with Crippen molar-refractivity contribution in [2.45, 2.75) is 31.8 Å². The summed E-state index contributed by atoms with van der Waals surface area (Å²) in [6.07, 6.45) is 3.15. The average molecular weight is 234 g/mol. The maximum atomic E-state index is 8.76. The molecule has 3 nitrogen and oxygen atoms in total. The van der Waals surface area contributed by atoms with E-state index in [2.05, 4.69) is 29.2 Å². The second-order valence-corrected chi connectivity index (χ2v) is 4.71. The van der Waals surface area contributed by atoms with Crippen molar-refractivity contribution in [3.8, 4) is 0 Å². The first kappa shape index (κ1) is 12.6. The van der Waals surface area contributed by atoms with E-state index in [4.69, 9.17) is 10.8 Å². The summed E-state index contributed by atoms with van der Waals surface area (Å²) in [5.41, 5.74) is 8.71. The minimum atomic E-state index is 0.306. The lowest BCUT2D eigenvalue weighted by molar-refractivity contribution is 0.210. The van der Waals surface area contributed by atoms with Crippen LogP contribution in [0.1, 0.15) is 36.4 Å². The molecular weight excluding hydrogens is 212 g/mol. The molecular formula is C14H22N2O. The number of aliphatic hydroxyl groups excluding tert-OH is 1. The minimum absolute atomic E-state index is 0.306. The fourth-order valence-corrected chi connectivity index (χ4v) is 2.64. The standard InChI is InChI=1S/C14H22N2O/c15-10-14-13-7-3-2-6-12(13)11-16(14)8-4-1-5-9-17/h2-3,6-7,14,17H,1,4-5,8-11,15H2. The van der Waals surface area contributed by atoms with E-state index in [0.29, 0.717) is 19.2 Å². The molecule has 1 aliphatic rings. The number of rotatable bonds is 6. The smallest absolute Gasteiger partial charge is 0.0477 e. The number of hydrogen-bond acceptors (Lipinski definition) is 3. The second kappa shape index (κ2) is 6.15. The highest BCUT2D eigenvalue weighted by molar-refractivity contribution is 5.34. The van der Waals surface area contributed by atoms with Crippen molar-refractivity contribution >= 4 is 0 Å². The zero-order valence-electron chi connectivity index (χ0n) is 10.3. The predicted octanol–water partition coefficient (Wildman–Crippen LogP) is 1.66. The Kier molecular flexibility index (Phi) is 4.54. The highest BCUT2D eigenvalue weighted by Crippen LogP contribution is 2.32. The van der Waals surface area contributed by atoms with E-state index in [1.807, 2.05) is 0 Å². The second-order valence-electron chi connectivity index (χ2n) is 4.71. The van der Waals surface area contributed by atoms with Gasteiger partial charge in [0.15, 0.2) is 0 Å². The molecule has 0 amide bonds. The van der Waals surface area contributed by atoms with Crippen molar-refractivity contribution in [1.29, 1.82) is 0 Å². The Labute approximate surface area is 103 Å². The molecule has 1 aromatic carbocycles. The third-order valence-electron chi connectivity index (χ3n) is 3.56. The molecule has 3 N–H and O–H groups in total. The van der Waals surface area contributed by atoms with E-state index < -0.39 is 0 Å². The number of hydrogen-bond donors (Lipinski definition) is 2. The summed E-state index contributed by atoms with van der Waals surface area (Å²) in [4.78, 5) is 2.46. The van der Waals surface area contributed by atoms with Gasteiger partial charge in [0.25, 0.3) is 0 Å². The predicted molar refractivity (Wildman–Crippen MR) is 69.6 cm³/mol. The Hall–Kier alpha value is -0.900. The highest BCUT2D eigenvalue weighted by atomic mass is 16.2. The van der Waals surface area contributed by atoms with E-state index in [-0.39, 0.29) is 0 Å². The van der Waals surface area contributed by atoms with E-state index >= 15 is 0 Å². The molecule has 1 heterocycles. The zero-order valence-corrected chi connectivity index (χ0v) is 10.3. The summed E-state index contributed by atoms with van der Waals surface area (Å²) < 4.78 is 0. The van der Waals surface area contributed by atoms with Crippen molar-refractivity contribution in [1.82, 2.24) is 4.90 Å². The van der Waals surface area contributed by atoms with Crippen LogP contribution in [0.2, 0.25) is 0 Å². The molecule has 0 spiro atoms. The van der Waals surface area contributed by atoms with Gasteiger partial charge in [-0.3, -0.25) is 4.90 Å². The number of benzene rings is 1. The lowest BCUT2D eigenvalue weighted by atomic mass is 10.1. The number of unbranched alkanes of at least 4 members (excludes halogenated alkanes) is 2. The minimum Gasteiger partial charge on any atom is -0.396 e. The summed E-state index contributed by atoms with van der Waals surface area (Å²) in [5.74, 6) is 0. The maximum absolute atomic E-state index is 8.76. The Balaban J connectivity index is 1.93. The van der Waals surface area contributed by atoms with Crippen LogP contribution in [0.4, 0.5) is 0 Å². The number of nitrogens with two attached hydrogens (primary N) is 1. The Morgan fingerprint density at radius 2 is 2.06 bits per heavy atom. The van der Waals surface area contributed by atoms with Gasteiger partial charge in [-0.15, -0.1) is 0 Å². The number of nitrogens with zero attached hydrogens (tertiary/aromatic N) is 1. The van der Waals surface area contributed by atoms with Crippen molar-refractivity contribution < 1.29 is 5.11 Å². The van der Waals surface area contributed by atoms with E-state index in [0.717, 1.165) is 32.4 Å². The SMILES string of the molecule is NCC1c2ccccc2CN1CCCCCO. The first-order valence-corrected chi connectivity index (χ1v) is 6.49. The van der Waals surface area contributed by atoms with Crippen LogP contribution in [0.5, 0.6) is 0 Å². The number of aliphatic hydroxyl groups is 1. The van der Waals surface area contributed by atoms with Gasteiger partial charge >= 0.3 is 0 Å². The molecule has 1 unspecified atom stereocenters. The number of fused-ring (bicyclic) bond motifs is 1. The van der Waals surface area contributed by atoms with Crippen molar-refractivity contribution in [2.24, 2.45) is 5.73 Å². The van der Waals surface area contributed by atoms with Crippen LogP contribution in [0.25, 0.3) is 0 Å². The maximum Gasteiger partial charge on any atom is 0.0477 e. The molecule has 0 saturated heterocycles. The van der Waals surface area contributed by atoms with Crippen LogP contribution in [0.3, 0.4) is 0 Å². The summed E-state index contributed by atoms with van der Waals surface area (Å²) in [6, 6.07) is 8.98. The van der Waals surface area contributed by atoms with Crippen molar-refractivity contribution in [3.05, 3.63) is 35.4 Å². The summed E-state index contributed by atoms with van der Waals surface area (Å²) in [6.45, 7) is 3.10. The van der Waals surface area contributed by atoms with Gasteiger partial charge in [-0.1, -0.05) is 24.3 Å². The Morgan fingerprint density at radius 1 is 1.24 bits per heavy atom. The highest BCUT2D eigenvalue weighted by Gasteiger charge is 2.27. The molecule has 1 aromatic rings. The fraction of sp³-hybridized carbons (Fsp3) is 0.571. The third-order valence-corrected chi connectivity index (χ3v) is 3.56. The fourth-order valence-electron chi connectivity index (χ4n) is 2.64. The van der Waals surface area contributed by atoms with Gasteiger partial charge in [0, 0.05) is 25.7 Å². The van der Waals surface area contributed by atoms with Gasteiger partial charge in [-0.2, -0.15) is 0 Å². The molecule has 94 valence electrons. The van der Waals surface area contributed by atoms with Crippen LogP contribution in [-0.4, -0.2) is 29.7 Å². The van der Waals surface area contributed by atoms with Crippen LogP contribution >= 0.6 is 0 Å². The van der Waals surface area contributed by atoms with Gasteiger partial charge in [-0.25, -0.2) is 0 Å². The molecule has 1 aliphatic heterocycles. The van der Waals surface area contributed by atoms with E-state index in [1.54, 1.807) is 0 Å². The topological polar surface area (TPSA) is 49.5 Å². The average Bonchev–Trinajstić information content (AvgIpc) is 2.72. The summed E-state index contributed by atoms with van der Waals surface area (Å²) in [7, 11) is 0. The lowest BCUT2D eigenvalue weighted by Gasteiger charge is -2.23. The molecule has 1 atom stereocenters. The van der Waals surface area contributed by atoms with Gasteiger partial charge in [-0.05, 0) is 36.9 Å². The van der Waals surface area contributed by atoms with Crippen molar-refractivity contribution in [3.63, 3.8) is 0 Å². The van der Waals surface area contributed by atoms with Gasteiger partial charge < -0.3 is 10.8 Å². The molecule has 17 heavy (non-hydrogen) atoms. The Morgan fingerprint density at radius 3 is 2.82 bits per heavy atom. The van der Waals surface area contributed by atoms with Crippen LogP contribution in [-0.2, 0) is 6.54 Å². The summed E-state index contributed by atoms with van der Waals surface area (Å²) in [5, 5.41) is 8.76. The zero-order chi connectivity index (χ0) is 12.1. The molecule has 0 bridgehead atoms. The third kappa shape index (κ3) is 2.86. The molecule has 0 aliphatic carbocycles. The lowest BCUT2D eigenvalue weighted by Crippen LogP contribution is -2.28. The largest absolute Gasteiger partial charge is 0.396 e.